The molecule has 0 aliphatic carbocycles. The van der Waals surface area contributed by atoms with Crippen molar-refractivity contribution in [2.24, 2.45) is 0 Å². The van der Waals surface area contributed by atoms with Crippen LogP contribution in [0.2, 0.25) is 0 Å². The zero-order valence-electron chi connectivity index (χ0n) is 14.0. The molecular formula is C16H23N3O4. The number of rotatable bonds is 2. The van der Waals surface area contributed by atoms with Gasteiger partial charge in [0.1, 0.15) is 17.5 Å². The Bertz CT molecular complexity index is 610. The van der Waals surface area contributed by atoms with Crippen molar-refractivity contribution in [3.05, 3.63) is 23.4 Å². The Balaban J connectivity index is 2.25. The summed E-state index contributed by atoms with van der Waals surface area (Å²) in [4.78, 5) is 30.6. The Morgan fingerprint density at radius 1 is 1.43 bits per heavy atom. The molecule has 1 unspecified atom stereocenters. The van der Waals surface area contributed by atoms with Gasteiger partial charge in [-0.1, -0.05) is 0 Å². The van der Waals surface area contributed by atoms with E-state index in [9.17, 15) is 9.59 Å². The number of nitrogens with two attached hydrogens (primary N) is 1. The second kappa shape index (κ2) is 6.54. The predicted molar refractivity (Wildman–Crippen MR) is 85.3 cm³/mol. The second-order valence-corrected chi connectivity index (χ2v) is 6.57. The number of nitrogen functional groups attached to an aromatic ring is 1. The largest absolute Gasteiger partial charge is 0.444 e. The first-order valence-corrected chi connectivity index (χ1v) is 7.53. The standard InChI is InChI=1S/C16H23N3O4/c1-10-7-11(14(17)18-8-10)13(20)12-9-22-6-5-19(12)15(21)23-16(2,3)4/h7-8,12H,5-6,9H2,1-4H3,(H2,17,18). The molecule has 1 saturated heterocycles. The van der Waals surface area contributed by atoms with E-state index in [0.29, 0.717) is 18.7 Å². The van der Waals surface area contributed by atoms with E-state index in [4.69, 9.17) is 15.2 Å². The second-order valence-electron chi connectivity index (χ2n) is 6.57. The Morgan fingerprint density at radius 3 is 2.78 bits per heavy atom. The molecule has 2 heterocycles. The van der Waals surface area contributed by atoms with Crippen molar-refractivity contribution in [3.8, 4) is 0 Å². The van der Waals surface area contributed by atoms with Crippen LogP contribution < -0.4 is 5.73 Å². The van der Waals surface area contributed by atoms with Crippen molar-refractivity contribution >= 4 is 17.7 Å². The van der Waals surface area contributed by atoms with Crippen molar-refractivity contribution in [1.29, 1.82) is 0 Å². The van der Waals surface area contributed by atoms with Gasteiger partial charge in [0, 0.05) is 12.7 Å². The zero-order chi connectivity index (χ0) is 17.2. The highest BCUT2D eigenvalue weighted by Gasteiger charge is 2.36. The van der Waals surface area contributed by atoms with Crippen molar-refractivity contribution < 1.29 is 19.1 Å². The van der Waals surface area contributed by atoms with Gasteiger partial charge in [0.05, 0.1) is 18.8 Å². The molecule has 0 radical (unpaired) electrons. The predicted octanol–water partition coefficient (Wildman–Crippen LogP) is 1.79. The number of hydrogen-bond acceptors (Lipinski definition) is 6. The van der Waals surface area contributed by atoms with E-state index in [-0.39, 0.29) is 18.2 Å². The van der Waals surface area contributed by atoms with E-state index in [2.05, 4.69) is 4.98 Å². The topological polar surface area (TPSA) is 94.7 Å². The summed E-state index contributed by atoms with van der Waals surface area (Å²) in [5.41, 5.74) is 6.30. The van der Waals surface area contributed by atoms with Crippen LogP contribution in [0.25, 0.3) is 0 Å². The Kier molecular flexibility index (Phi) is 4.89. The molecule has 1 aromatic heterocycles. The summed E-state index contributed by atoms with van der Waals surface area (Å²) in [7, 11) is 0. The fourth-order valence-corrected chi connectivity index (χ4v) is 2.32. The zero-order valence-corrected chi connectivity index (χ0v) is 14.0. The van der Waals surface area contributed by atoms with Crippen molar-refractivity contribution in [2.75, 3.05) is 25.5 Å². The van der Waals surface area contributed by atoms with Gasteiger partial charge in [-0.25, -0.2) is 9.78 Å². The summed E-state index contributed by atoms with van der Waals surface area (Å²) in [6, 6.07) is 0.913. The van der Waals surface area contributed by atoms with Crippen LogP contribution in [0.5, 0.6) is 0 Å². The molecule has 23 heavy (non-hydrogen) atoms. The van der Waals surface area contributed by atoms with Crippen LogP contribution in [0.15, 0.2) is 12.3 Å². The third-order valence-electron chi connectivity index (χ3n) is 3.38. The quantitative estimate of drug-likeness (QED) is 0.835. The van der Waals surface area contributed by atoms with E-state index in [1.807, 2.05) is 6.92 Å². The molecule has 1 aromatic rings. The molecular weight excluding hydrogens is 298 g/mol. The number of ketones is 1. The number of carbonyl (C=O) groups excluding carboxylic acids is 2. The van der Waals surface area contributed by atoms with Gasteiger partial charge in [0.25, 0.3) is 0 Å². The van der Waals surface area contributed by atoms with Crippen LogP contribution >= 0.6 is 0 Å². The number of morpholine rings is 1. The summed E-state index contributed by atoms with van der Waals surface area (Å²) in [5, 5.41) is 0. The lowest BCUT2D eigenvalue weighted by Crippen LogP contribution is -2.54. The lowest BCUT2D eigenvalue weighted by Gasteiger charge is -2.35. The normalized spacial score (nSPS) is 18.6. The molecule has 0 saturated carbocycles. The van der Waals surface area contributed by atoms with Crippen molar-refractivity contribution in [1.82, 2.24) is 9.88 Å². The lowest BCUT2D eigenvalue weighted by molar-refractivity contribution is -0.0265. The third-order valence-corrected chi connectivity index (χ3v) is 3.38. The Labute approximate surface area is 135 Å². The van der Waals surface area contributed by atoms with Crippen molar-refractivity contribution in [2.45, 2.75) is 39.3 Å². The van der Waals surface area contributed by atoms with Crippen LogP contribution in [0.1, 0.15) is 36.7 Å². The summed E-state index contributed by atoms with van der Waals surface area (Å²) >= 11 is 0. The van der Waals surface area contributed by atoms with Crippen molar-refractivity contribution in [3.63, 3.8) is 0 Å². The average Bonchev–Trinajstić information content (AvgIpc) is 2.47. The SMILES string of the molecule is Cc1cnc(N)c(C(=O)C2COCCN2C(=O)OC(C)(C)C)c1. The monoisotopic (exact) mass is 321 g/mol. The number of aryl methyl sites for hydroxylation is 1. The summed E-state index contributed by atoms with van der Waals surface area (Å²) in [6.45, 7) is 7.95. The average molecular weight is 321 g/mol. The molecule has 7 heteroatoms. The number of amides is 1. The fourth-order valence-electron chi connectivity index (χ4n) is 2.32. The number of nitrogens with zero attached hydrogens (tertiary/aromatic N) is 2. The maximum atomic E-state index is 12.8. The highest BCUT2D eigenvalue weighted by atomic mass is 16.6. The maximum absolute atomic E-state index is 12.8. The molecule has 0 aromatic carbocycles. The van der Waals surface area contributed by atoms with Gasteiger partial charge in [-0.2, -0.15) is 0 Å². The lowest BCUT2D eigenvalue weighted by atomic mass is 10.0. The molecule has 1 atom stereocenters. The van der Waals surface area contributed by atoms with E-state index >= 15 is 0 Å². The minimum Gasteiger partial charge on any atom is -0.444 e. The molecule has 0 spiro atoms. The molecule has 1 aliphatic heterocycles. The third kappa shape index (κ3) is 4.19. The summed E-state index contributed by atoms with van der Waals surface area (Å²) < 4.78 is 10.8. The first-order valence-electron chi connectivity index (χ1n) is 7.53. The van der Waals surface area contributed by atoms with E-state index in [0.717, 1.165) is 5.56 Å². The number of anilines is 1. The maximum Gasteiger partial charge on any atom is 0.411 e. The first-order chi connectivity index (χ1) is 10.7. The highest BCUT2D eigenvalue weighted by molar-refractivity contribution is 6.05. The molecule has 7 nitrogen and oxygen atoms in total. The number of carbonyl (C=O) groups is 2. The molecule has 0 bridgehead atoms. The van der Waals surface area contributed by atoms with E-state index in [1.54, 1.807) is 33.0 Å². The number of aromatic nitrogens is 1. The number of ether oxygens (including phenoxy) is 2. The molecule has 1 amide bonds. The van der Waals surface area contributed by atoms with Gasteiger partial charge < -0.3 is 15.2 Å². The smallest absolute Gasteiger partial charge is 0.411 e. The minimum atomic E-state index is -0.760. The minimum absolute atomic E-state index is 0.117. The van der Waals surface area contributed by atoms with Crippen LogP contribution in [-0.2, 0) is 9.47 Å². The van der Waals surface area contributed by atoms with E-state index in [1.165, 1.54) is 4.90 Å². The number of Topliss-reactive ketones (excluding diaryl/α,β-unsaturated/α-hetero) is 1. The van der Waals surface area contributed by atoms with E-state index < -0.39 is 17.7 Å². The Hall–Kier alpha value is -2.15. The van der Waals surface area contributed by atoms with Gasteiger partial charge in [-0.3, -0.25) is 9.69 Å². The van der Waals surface area contributed by atoms with Crippen LogP contribution in [0.3, 0.4) is 0 Å². The first kappa shape index (κ1) is 17.2. The van der Waals surface area contributed by atoms with Gasteiger partial charge in [-0.05, 0) is 39.3 Å². The van der Waals surface area contributed by atoms with Gasteiger partial charge in [-0.15, -0.1) is 0 Å². The van der Waals surface area contributed by atoms with Crippen LogP contribution in [0, 0.1) is 6.92 Å². The number of pyridine rings is 1. The van der Waals surface area contributed by atoms with Crippen LogP contribution in [0.4, 0.5) is 10.6 Å². The molecule has 1 fully saturated rings. The number of hydrogen-bond donors (Lipinski definition) is 1. The fraction of sp³-hybridized carbons (Fsp3) is 0.562. The van der Waals surface area contributed by atoms with Gasteiger partial charge in [0.15, 0.2) is 5.78 Å². The highest BCUT2D eigenvalue weighted by Crippen LogP contribution is 2.20. The van der Waals surface area contributed by atoms with Gasteiger partial charge >= 0.3 is 6.09 Å². The molecule has 2 rings (SSSR count). The molecule has 126 valence electrons. The molecule has 1 aliphatic rings. The van der Waals surface area contributed by atoms with Gasteiger partial charge in [0.2, 0.25) is 0 Å². The molecule has 2 N–H and O–H groups in total. The summed E-state index contributed by atoms with van der Waals surface area (Å²) in [6.07, 6.45) is 1.06. The van der Waals surface area contributed by atoms with Crippen LogP contribution in [-0.4, -0.2) is 53.2 Å². The Morgan fingerprint density at radius 2 is 2.13 bits per heavy atom. The summed E-state index contributed by atoms with van der Waals surface area (Å²) in [5.74, 6) is -0.139.